The fraction of sp³-hybridized carbons (Fsp3) is 0.333. The van der Waals surface area contributed by atoms with Crippen molar-refractivity contribution < 1.29 is 14.5 Å². The number of piperazine rings is 1. The van der Waals surface area contributed by atoms with Gasteiger partial charge in [-0.3, -0.25) is 19.7 Å². The molecule has 0 bridgehead atoms. The molecule has 1 heterocycles. The van der Waals surface area contributed by atoms with Gasteiger partial charge in [-0.1, -0.05) is 0 Å². The van der Waals surface area contributed by atoms with Gasteiger partial charge in [0, 0.05) is 30.9 Å². The van der Waals surface area contributed by atoms with Crippen LogP contribution in [0, 0.1) is 10.1 Å². The summed E-state index contributed by atoms with van der Waals surface area (Å²) in [4.78, 5) is 33.2. The van der Waals surface area contributed by atoms with Crippen molar-refractivity contribution in [2.75, 3.05) is 18.4 Å². The van der Waals surface area contributed by atoms with Crippen LogP contribution in [-0.2, 0) is 9.59 Å². The van der Waals surface area contributed by atoms with Gasteiger partial charge in [0.15, 0.2) is 0 Å². The Morgan fingerprint density at radius 1 is 1.35 bits per heavy atom. The first-order valence-corrected chi connectivity index (χ1v) is 6.11. The molecule has 2 amide bonds. The van der Waals surface area contributed by atoms with Gasteiger partial charge < -0.3 is 16.0 Å². The summed E-state index contributed by atoms with van der Waals surface area (Å²) >= 11 is 0. The minimum absolute atomic E-state index is 0.0167. The Bertz CT molecular complexity index is 529. The number of anilines is 1. The van der Waals surface area contributed by atoms with Crippen LogP contribution in [0.15, 0.2) is 24.3 Å². The van der Waals surface area contributed by atoms with E-state index in [0.29, 0.717) is 18.8 Å². The minimum atomic E-state index is -0.540. The number of nitrogens with zero attached hydrogens (tertiary/aromatic N) is 1. The topological polar surface area (TPSA) is 113 Å². The zero-order chi connectivity index (χ0) is 14.5. The highest BCUT2D eigenvalue weighted by molar-refractivity contribution is 5.95. The summed E-state index contributed by atoms with van der Waals surface area (Å²) in [6.07, 6.45) is 0.0167. The fourth-order valence-electron chi connectivity index (χ4n) is 1.88. The van der Waals surface area contributed by atoms with E-state index in [-0.39, 0.29) is 23.9 Å². The smallest absolute Gasteiger partial charge is 0.269 e. The molecule has 0 saturated carbocycles. The van der Waals surface area contributed by atoms with E-state index in [9.17, 15) is 19.7 Å². The van der Waals surface area contributed by atoms with Crippen molar-refractivity contribution in [2.45, 2.75) is 12.5 Å². The van der Waals surface area contributed by atoms with Crippen molar-refractivity contribution in [3.8, 4) is 0 Å². The van der Waals surface area contributed by atoms with Gasteiger partial charge in [-0.15, -0.1) is 0 Å². The van der Waals surface area contributed by atoms with Crippen molar-refractivity contribution in [3.63, 3.8) is 0 Å². The van der Waals surface area contributed by atoms with Gasteiger partial charge in [-0.05, 0) is 12.1 Å². The first kappa shape index (κ1) is 13.9. The maximum absolute atomic E-state index is 11.8. The van der Waals surface area contributed by atoms with Gasteiger partial charge in [0.25, 0.3) is 5.69 Å². The number of carbonyl (C=O) groups excluding carboxylic acids is 2. The number of nitro groups is 1. The summed E-state index contributed by atoms with van der Waals surface area (Å²) in [6.45, 7) is 1.18. The standard InChI is InChI=1S/C12H14N4O4/c17-11(7-10-12(18)14-6-5-13-10)15-8-1-3-9(4-2-8)16(19)20/h1-4,10,13H,5-7H2,(H,14,18)(H,15,17)/t10-/m1/s1. The molecule has 8 nitrogen and oxygen atoms in total. The lowest BCUT2D eigenvalue weighted by Crippen LogP contribution is -2.53. The lowest BCUT2D eigenvalue weighted by molar-refractivity contribution is -0.384. The third-order valence-corrected chi connectivity index (χ3v) is 2.88. The number of carbonyl (C=O) groups is 2. The summed E-state index contributed by atoms with van der Waals surface area (Å²) in [5.41, 5.74) is 0.410. The van der Waals surface area contributed by atoms with E-state index in [2.05, 4.69) is 16.0 Å². The van der Waals surface area contributed by atoms with Crippen molar-refractivity contribution in [2.24, 2.45) is 0 Å². The minimum Gasteiger partial charge on any atom is -0.353 e. The number of benzene rings is 1. The van der Waals surface area contributed by atoms with E-state index in [4.69, 9.17) is 0 Å². The number of hydrogen-bond acceptors (Lipinski definition) is 5. The lowest BCUT2D eigenvalue weighted by atomic mass is 10.1. The van der Waals surface area contributed by atoms with Crippen LogP contribution < -0.4 is 16.0 Å². The zero-order valence-electron chi connectivity index (χ0n) is 10.6. The third-order valence-electron chi connectivity index (χ3n) is 2.88. The summed E-state index contributed by atoms with van der Waals surface area (Å²) in [5, 5.41) is 18.7. The molecule has 106 valence electrons. The molecule has 1 aromatic rings. The quantitative estimate of drug-likeness (QED) is 0.530. The van der Waals surface area contributed by atoms with E-state index >= 15 is 0 Å². The predicted octanol–water partition coefficient (Wildman–Crippen LogP) is 0.0114. The van der Waals surface area contributed by atoms with Crippen LogP contribution in [0.3, 0.4) is 0 Å². The van der Waals surface area contributed by atoms with Crippen molar-refractivity contribution in [1.29, 1.82) is 0 Å². The largest absolute Gasteiger partial charge is 0.353 e. The number of nitrogens with one attached hydrogen (secondary N) is 3. The van der Waals surface area contributed by atoms with Gasteiger partial charge in [-0.25, -0.2) is 0 Å². The van der Waals surface area contributed by atoms with Crippen molar-refractivity contribution in [3.05, 3.63) is 34.4 Å². The third kappa shape index (κ3) is 3.51. The van der Waals surface area contributed by atoms with Gasteiger partial charge in [0.1, 0.15) is 0 Å². The SMILES string of the molecule is O=C(C[C@H]1NCCNC1=O)Nc1ccc([N+](=O)[O-])cc1. The fourth-order valence-corrected chi connectivity index (χ4v) is 1.88. The molecule has 0 spiro atoms. The van der Waals surface area contributed by atoms with Crippen LogP contribution in [0.25, 0.3) is 0 Å². The normalized spacial score (nSPS) is 18.2. The summed E-state index contributed by atoms with van der Waals surface area (Å²) in [7, 11) is 0. The van der Waals surface area contributed by atoms with Gasteiger partial charge in [0.05, 0.1) is 17.4 Å². The Kier molecular flexibility index (Phi) is 4.26. The highest BCUT2D eigenvalue weighted by Gasteiger charge is 2.24. The molecule has 0 radical (unpaired) electrons. The molecule has 1 aliphatic heterocycles. The Balaban J connectivity index is 1.90. The highest BCUT2D eigenvalue weighted by Crippen LogP contribution is 2.15. The van der Waals surface area contributed by atoms with E-state index in [1.165, 1.54) is 24.3 Å². The molecule has 8 heteroatoms. The Morgan fingerprint density at radius 3 is 2.65 bits per heavy atom. The van der Waals surface area contributed by atoms with Crippen LogP contribution in [0.1, 0.15) is 6.42 Å². The molecule has 0 unspecified atom stereocenters. The highest BCUT2D eigenvalue weighted by atomic mass is 16.6. The zero-order valence-corrected chi connectivity index (χ0v) is 10.6. The molecular formula is C12H14N4O4. The Morgan fingerprint density at radius 2 is 2.05 bits per heavy atom. The molecule has 1 saturated heterocycles. The molecule has 1 aliphatic rings. The molecule has 1 aromatic carbocycles. The van der Waals surface area contributed by atoms with Crippen LogP contribution in [0.4, 0.5) is 11.4 Å². The average Bonchev–Trinajstić information content (AvgIpc) is 2.42. The van der Waals surface area contributed by atoms with Gasteiger partial charge in [0.2, 0.25) is 11.8 Å². The second-order valence-electron chi connectivity index (χ2n) is 4.35. The molecule has 0 aromatic heterocycles. The molecule has 1 atom stereocenters. The molecule has 3 N–H and O–H groups in total. The van der Waals surface area contributed by atoms with E-state index in [1.54, 1.807) is 0 Å². The van der Waals surface area contributed by atoms with Crippen LogP contribution >= 0.6 is 0 Å². The van der Waals surface area contributed by atoms with Gasteiger partial charge in [-0.2, -0.15) is 0 Å². The molecule has 2 rings (SSSR count). The molecule has 20 heavy (non-hydrogen) atoms. The maximum Gasteiger partial charge on any atom is 0.269 e. The summed E-state index contributed by atoms with van der Waals surface area (Å²) < 4.78 is 0. The van der Waals surface area contributed by atoms with Crippen LogP contribution in [0.2, 0.25) is 0 Å². The molecule has 1 fully saturated rings. The average molecular weight is 278 g/mol. The monoisotopic (exact) mass is 278 g/mol. The van der Waals surface area contributed by atoms with Crippen molar-refractivity contribution >= 4 is 23.2 Å². The molecule has 0 aliphatic carbocycles. The number of rotatable bonds is 4. The second-order valence-corrected chi connectivity index (χ2v) is 4.35. The van der Waals surface area contributed by atoms with Crippen LogP contribution in [0.5, 0.6) is 0 Å². The van der Waals surface area contributed by atoms with E-state index in [0.717, 1.165) is 0 Å². The number of hydrogen-bond donors (Lipinski definition) is 3. The summed E-state index contributed by atoms with van der Waals surface area (Å²) in [5.74, 6) is -0.525. The van der Waals surface area contributed by atoms with E-state index < -0.39 is 11.0 Å². The first-order chi connectivity index (χ1) is 9.56. The second kappa shape index (κ2) is 6.11. The number of non-ortho nitro benzene ring substituents is 1. The number of nitro benzene ring substituents is 1. The predicted molar refractivity (Wildman–Crippen MR) is 71.1 cm³/mol. The Hall–Kier alpha value is -2.48. The van der Waals surface area contributed by atoms with Crippen molar-refractivity contribution in [1.82, 2.24) is 10.6 Å². The van der Waals surface area contributed by atoms with Crippen LogP contribution in [-0.4, -0.2) is 35.9 Å². The van der Waals surface area contributed by atoms with Gasteiger partial charge >= 0.3 is 0 Å². The molecular weight excluding hydrogens is 264 g/mol. The Labute approximate surface area is 114 Å². The number of amides is 2. The maximum atomic E-state index is 11.8. The lowest BCUT2D eigenvalue weighted by Gasteiger charge is -2.22. The first-order valence-electron chi connectivity index (χ1n) is 6.11. The summed E-state index contributed by atoms with van der Waals surface area (Å²) in [6, 6.07) is 4.97. The van der Waals surface area contributed by atoms with E-state index in [1.807, 2.05) is 0 Å².